The zero-order valence-electron chi connectivity index (χ0n) is 30.3. The zero-order valence-corrected chi connectivity index (χ0v) is 30.3. The monoisotopic (exact) mass is 671 g/mol. The van der Waals surface area contributed by atoms with Gasteiger partial charge < -0.3 is 39.2 Å². The van der Waals surface area contributed by atoms with Gasteiger partial charge in [0.2, 0.25) is 0 Å². The molecule has 0 saturated carbocycles. The topological polar surface area (TPSA) is 135 Å². The van der Waals surface area contributed by atoms with Crippen LogP contribution in [0.2, 0.25) is 0 Å². The van der Waals surface area contributed by atoms with Crippen LogP contribution >= 0.6 is 0 Å². The normalized spacial score (nSPS) is 39.8. The Hall–Kier alpha value is -2.62. The van der Waals surface area contributed by atoms with Gasteiger partial charge in [-0.05, 0) is 79.3 Å². The Labute approximate surface area is 286 Å². The van der Waals surface area contributed by atoms with Crippen molar-refractivity contribution in [3.63, 3.8) is 0 Å². The van der Waals surface area contributed by atoms with Gasteiger partial charge in [0.05, 0.1) is 29.8 Å². The second-order valence-electron chi connectivity index (χ2n) is 14.3. The summed E-state index contributed by atoms with van der Waals surface area (Å²) in [5, 5.41) is 34.6. The Morgan fingerprint density at radius 3 is 2.27 bits per heavy atom. The lowest BCUT2D eigenvalue weighted by molar-refractivity contribution is -0.301. The Morgan fingerprint density at radius 2 is 1.69 bits per heavy atom. The molecule has 1 saturated heterocycles. The number of carbonyl (C=O) groups is 2. The van der Waals surface area contributed by atoms with E-state index < -0.39 is 65.6 Å². The highest BCUT2D eigenvalue weighted by atomic mass is 16.7. The molecular formula is C38H57NO9. The molecule has 3 N–H and O–H groups in total. The van der Waals surface area contributed by atoms with Crippen LogP contribution < -0.4 is 0 Å². The van der Waals surface area contributed by atoms with E-state index in [1.807, 2.05) is 56.3 Å². The third-order valence-electron chi connectivity index (χ3n) is 10.0. The fourth-order valence-electron chi connectivity index (χ4n) is 7.01. The van der Waals surface area contributed by atoms with Gasteiger partial charge in [0.1, 0.15) is 17.8 Å². The molecule has 2 heterocycles. The van der Waals surface area contributed by atoms with Crippen molar-refractivity contribution >= 4 is 11.8 Å². The molecule has 1 fully saturated rings. The third-order valence-corrected chi connectivity index (χ3v) is 10.0. The average molecular weight is 672 g/mol. The highest BCUT2D eigenvalue weighted by molar-refractivity contribution is 5.97. The van der Waals surface area contributed by atoms with Crippen LogP contribution in [0.4, 0.5) is 0 Å². The summed E-state index contributed by atoms with van der Waals surface area (Å²) in [6.45, 7) is 12.1. The molecule has 0 aliphatic carbocycles. The van der Waals surface area contributed by atoms with E-state index in [2.05, 4.69) is 11.8 Å². The van der Waals surface area contributed by atoms with Crippen LogP contribution in [0.1, 0.15) is 79.7 Å². The average Bonchev–Trinajstić information content (AvgIpc) is 3.04. The molecule has 268 valence electrons. The number of methoxy groups -OCH3 is 1. The number of nitrogens with zero attached hydrogens (tertiary/aromatic N) is 1. The molecule has 0 bridgehead atoms. The van der Waals surface area contributed by atoms with Gasteiger partial charge in [-0.3, -0.25) is 9.59 Å². The van der Waals surface area contributed by atoms with Gasteiger partial charge in [-0.25, -0.2) is 0 Å². The molecule has 2 aliphatic heterocycles. The van der Waals surface area contributed by atoms with Crippen LogP contribution in [0.5, 0.6) is 0 Å². The minimum Gasteiger partial charge on any atom is -0.459 e. The van der Waals surface area contributed by atoms with Gasteiger partial charge in [0, 0.05) is 42.5 Å². The number of hydrogen-bond donors (Lipinski definition) is 3. The molecular weight excluding hydrogens is 614 g/mol. The molecule has 3 rings (SSSR count). The van der Waals surface area contributed by atoms with E-state index in [1.165, 1.54) is 20.1 Å². The first-order valence-electron chi connectivity index (χ1n) is 17.1. The van der Waals surface area contributed by atoms with E-state index in [9.17, 15) is 24.9 Å². The Kier molecular flexibility index (Phi) is 14.0. The number of ketones is 1. The fraction of sp³-hybridized carbons (Fsp3) is 0.684. The number of Topliss-reactive ketones (excluding diaryl/α,β-unsaturated/α-hetero) is 1. The predicted octanol–water partition coefficient (Wildman–Crippen LogP) is 3.89. The second kappa shape index (κ2) is 16.9. The van der Waals surface area contributed by atoms with Gasteiger partial charge in [-0.2, -0.15) is 0 Å². The number of benzene rings is 1. The third kappa shape index (κ3) is 9.54. The molecule has 2 aliphatic rings. The van der Waals surface area contributed by atoms with Gasteiger partial charge in [0.15, 0.2) is 12.1 Å². The standard InChI is InChI=1S/C38H57NO9/c1-11-30-37(6,44)22-28(19-15-18-27-16-13-12-14-17-27)31(40)23(2)21-38(7,45-10)34(25(4)32(41)26(5)35(43)47-30)48-36-33(42)29(39(8)9)20-24(3)46-36/h12-14,16-17,22-26,29-30,32-34,36,41-42,44H,11,19-21H2,1-10H3/b28-22+/t23-,24-,25+,26-,29+,30-,32+,33-,34-,36+,37+,38+/m1/s1. The molecule has 0 radical (unpaired) electrons. The highest BCUT2D eigenvalue weighted by Gasteiger charge is 2.49. The van der Waals surface area contributed by atoms with Crippen molar-refractivity contribution in [3.8, 4) is 11.8 Å². The number of carbonyl (C=O) groups excluding carboxylic acids is 2. The summed E-state index contributed by atoms with van der Waals surface area (Å²) >= 11 is 0. The number of likely N-dealkylation sites (N-methyl/N-ethyl adjacent to an activating group) is 1. The number of rotatable bonds is 6. The maximum Gasteiger partial charge on any atom is 0.311 e. The predicted molar refractivity (Wildman–Crippen MR) is 183 cm³/mol. The van der Waals surface area contributed by atoms with Crippen molar-refractivity contribution in [3.05, 3.63) is 47.5 Å². The van der Waals surface area contributed by atoms with Crippen LogP contribution in [0.25, 0.3) is 0 Å². The van der Waals surface area contributed by atoms with Gasteiger partial charge >= 0.3 is 5.97 Å². The minimum atomic E-state index is -1.70. The lowest BCUT2D eigenvalue weighted by Crippen LogP contribution is -2.59. The number of allylic oxidation sites excluding steroid dienone is 1. The van der Waals surface area contributed by atoms with E-state index in [0.717, 1.165) is 5.56 Å². The highest BCUT2D eigenvalue weighted by Crippen LogP contribution is 2.38. The number of aliphatic hydroxyl groups excluding tert-OH is 2. The summed E-state index contributed by atoms with van der Waals surface area (Å²) in [7, 11) is 5.27. The van der Waals surface area contributed by atoms with Crippen LogP contribution in [-0.2, 0) is 28.5 Å². The van der Waals surface area contributed by atoms with Crippen LogP contribution in [0, 0.1) is 29.6 Å². The van der Waals surface area contributed by atoms with Gasteiger partial charge in [-0.15, -0.1) is 0 Å². The summed E-state index contributed by atoms with van der Waals surface area (Å²) in [5.74, 6) is 2.81. The van der Waals surface area contributed by atoms with E-state index in [1.54, 1.807) is 34.6 Å². The smallest absolute Gasteiger partial charge is 0.311 e. The Balaban J connectivity index is 2.11. The fourth-order valence-corrected chi connectivity index (χ4v) is 7.01. The van der Waals surface area contributed by atoms with Gasteiger partial charge in [-0.1, -0.05) is 50.8 Å². The number of hydrogen-bond acceptors (Lipinski definition) is 10. The molecule has 10 nitrogen and oxygen atoms in total. The molecule has 0 aromatic heterocycles. The maximum absolute atomic E-state index is 14.2. The van der Waals surface area contributed by atoms with Crippen LogP contribution in [-0.4, -0.2) is 107 Å². The summed E-state index contributed by atoms with van der Waals surface area (Å²) < 4.78 is 24.7. The molecule has 1 aromatic carbocycles. The Bertz CT molecular complexity index is 1320. The van der Waals surface area contributed by atoms with Gasteiger partial charge in [0.25, 0.3) is 0 Å². The first-order valence-corrected chi connectivity index (χ1v) is 17.1. The summed E-state index contributed by atoms with van der Waals surface area (Å²) in [6.07, 6.45) is -2.98. The molecule has 0 amide bonds. The molecule has 48 heavy (non-hydrogen) atoms. The van der Waals surface area contributed by atoms with E-state index >= 15 is 0 Å². The minimum absolute atomic E-state index is 0.0552. The van der Waals surface area contributed by atoms with Crippen molar-refractivity contribution in [2.75, 3.05) is 21.2 Å². The first-order chi connectivity index (χ1) is 22.4. The van der Waals surface area contributed by atoms with Crippen molar-refractivity contribution in [1.82, 2.24) is 4.90 Å². The molecule has 1 aromatic rings. The first kappa shape index (κ1) is 39.8. The maximum atomic E-state index is 14.2. The van der Waals surface area contributed by atoms with E-state index in [4.69, 9.17) is 18.9 Å². The largest absolute Gasteiger partial charge is 0.459 e. The lowest BCUT2D eigenvalue weighted by atomic mass is 9.76. The summed E-state index contributed by atoms with van der Waals surface area (Å²) in [6, 6.07) is 9.15. The van der Waals surface area contributed by atoms with Crippen molar-refractivity contribution in [2.24, 2.45) is 17.8 Å². The van der Waals surface area contributed by atoms with Crippen molar-refractivity contribution < 1.29 is 43.9 Å². The number of cyclic esters (lactones) is 1. The van der Waals surface area contributed by atoms with Crippen molar-refractivity contribution in [1.29, 1.82) is 0 Å². The molecule has 10 heteroatoms. The summed E-state index contributed by atoms with van der Waals surface area (Å²) in [5.41, 5.74) is -1.82. The van der Waals surface area contributed by atoms with E-state index in [-0.39, 0.29) is 42.8 Å². The zero-order chi connectivity index (χ0) is 36.0. The van der Waals surface area contributed by atoms with Crippen molar-refractivity contribution in [2.45, 2.75) is 128 Å². The number of ether oxygens (including phenoxy) is 4. The SMILES string of the molecule is CC[C@H]1OC(=O)[C@H](C)[C@@H](O)[C@H](C)[C@@H](O[C@@H]2O[C@H](C)C[C@H](N(C)C)[C@H]2O)[C@@](C)(OC)C[C@@H](C)C(=O)/C(CC#Cc2ccccc2)=C/[C@]1(C)O. The molecule has 0 spiro atoms. The summed E-state index contributed by atoms with van der Waals surface area (Å²) in [4.78, 5) is 29.7. The quantitative estimate of drug-likeness (QED) is 0.302. The van der Waals surface area contributed by atoms with Crippen LogP contribution in [0.15, 0.2) is 42.0 Å². The molecule has 0 unspecified atom stereocenters. The lowest BCUT2D eigenvalue weighted by Gasteiger charge is -2.47. The Morgan fingerprint density at radius 1 is 1.04 bits per heavy atom. The van der Waals surface area contributed by atoms with E-state index in [0.29, 0.717) is 6.42 Å². The molecule has 12 atom stereocenters. The van der Waals surface area contributed by atoms with Crippen LogP contribution in [0.3, 0.4) is 0 Å². The number of esters is 1. The number of aliphatic hydroxyl groups is 3. The second-order valence-corrected chi connectivity index (χ2v) is 14.3.